The number of hydrogen-bond donors (Lipinski definition) is 1. The molecule has 0 heterocycles. The van der Waals surface area contributed by atoms with Gasteiger partial charge in [0.25, 0.3) is 0 Å². The number of rotatable bonds is 2. The number of methoxy groups -OCH3 is 1. The second-order valence-electron chi connectivity index (χ2n) is 4.20. The minimum atomic E-state index is -0.827. The molecular formula is C10H18O3. The van der Waals surface area contributed by atoms with Gasteiger partial charge in [0.2, 0.25) is 0 Å². The van der Waals surface area contributed by atoms with Crippen molar-refractivity contribution in [3.05, 3.63) is 0 Å². The summed E-state index contributed by atoms with van der Waals surface area (Å²) in [5.74, 6) is -0.198. The van der Waals surface area contributed by atoms with Gasteiger partial charge in [-0.05, 0) is 32.1 Å². The SMILES string of the molecule is COC(=O)C(C)C1(O)CCC(C)C1. The summed E-state index contributed by atoms with van der Waals surface area (Å²) < 4.78 is 4.63. The highest BCUT2D eigenvalue weighted by molar-refractivity contribution is 5.73. The van der Waals surface area contributed by atoms with E-state index in [4.69, 9.17) is 0 Å². The lowest BCUT2D eigenvalue weighted by Gasteiger charge is -2.27. The maximum absolute atomic E-state index is 11.2. The molecule has 3 atom stereocenters. The van der Waals surface area contributed by atoms with Crippen molar-refractivity contribution >= 4 is 5.97 Å². The van der Waals surface area contributed by atoms with Gasteiger partial charge < -0.3 is 9.84 Å². The minimum Gasteiger partial charge on any atom is -0.469 e. The van der Waals surface area contributed by atoms with Crippen LogP contribution in [0.1, 0.15) is 33.1 Å². The maximum Gasteiger partial charge on any atom is 0.311 e. The predicted molar refractivity (Wildman–Crippen MR) is 49.1 cm³/mol. The molecule has 0 aromatic carbocycles. The lowest BCUT2D eigenvalue weighted by atomic mass is 9.86. The number of esters is 1. The Morgan fingerprint density at radius 3 is 2.69 bits per heavy atom. The monoisotopic (exact) mass is 186 g/mol. The largest absolute Gasteiger partial charge is 0.469 e. The molecule has 3 nitrogen and oxygen atoms in total. The average molecular weight is 186 g/mol. The summed E-state index contributed by atoms with van der Waals surface area (Å²) in [4.78, 5) is 11.2. The van der Waals surface area contributed by atoms with Crippen LogP contribution in [0.3, 0.4) is 0 Å². The molecule has 1 saturated carbocycles. The first-order valence-corrected chi connectivity index (χ1v) is 4.80. The first-order valence-electron chi connectivity index (χ1n) is 4.80. The van der Waals surface area contributed by atoms with E-state index in [2.05, 4.69) is 11.7 Å². The Morgan fingerprint density at radius 2 is 2.31 bits per heavy atom. The van der Waals surface area contributed by atoms with E-state index in [1.807, 2.05) is 0 Å². The second kappa shape index (κ2) is 3.66. The molecule has 0 bridgehead atoms. The first kappa shape index (κ1) is 10.5. The Kier molecular flexibility index (Phi) is 2.96. The smallest absolute Gasteiger partial charge is 0.311 e. The van der Waals surface area contributed by atoms with Gasteiger partial charge in [-0.25, -0.2) is 0 Å². The fourth-order valence-corrected chi connectivity index (χ4v) is 2.09. The molecule has 1 aliphatic carbocycles. The molecule has 0 saturated heterocycles. The zero-order valence-electron chi connectivity index (χ0n) is 8.54. The van der Waals surface area contributed by atoms with E-state index in [0.29, 0.717) is 18.8 Å². The molecule has 1 fully saturated rings. The summed E-state index contributed by atoms with van der Waals surface area (Å²) in [6.45, 7) is 3.84. The van der Waals surface area contributed by atoms with Crippen molar-refractivity contribution < 1.29 is 14.6 Å². The van der Waals surface area contributed by atoms with Crippen LogP contribution >= 0.6 is 0 Å². The standard InChI is InChI=1S/C10H18O3/c1-7-4-5-10(12,6-7)8(2)9(11)13-3/h7-8,12H,4-6H2,1-3H3. The molecule has 1 N–H and O–H groups in total. The summed E-state index contributed by atoms with van der Waals surface area (Å²) in [6, 6.07) is 0. The summed E-state index contributed by atoms with van der Waals surface area (Å²) in [5, 5.41) is 10.1. The molecule has 3 unspecified atom stereocenters. The fourth-order valence-electron chi connectivity index (χ4n) is 2.09. The molecule has 1 rings (SSSR count). The van der Waals surface area contributed by atoms with Crippen LogP contribution in [0, 0.1) is 11.8 Å². The van der Waals surface area contributed by atoms with Crippen LogP contribution in [0.4, 0.5) is 0 Å². The molecule has 76 valence electrons. The highest BCUT2D eigenvalue weighted by Gasteiger charge is 2.43. The topological polar surface area (TPSA) is 46.5 Å². The van der Waals surface area contributed by atoms with Crippen LogP contribution in [0.5, 0.6) is 0 Å². The van der Waals surface area contributed by atoms with Gasteiger partial charge in [0, 0.05) is 0 Å². The van der Waals surface area contributed by atoms with Crippen LogP contribution in [-0.2, 0) is 9.53 Å². The van der Waals surface area contributed by atoms with Crippen LogP contribution < -0.4 is 0 Å². The van der Waals surface area contributed by atoms with Crippen LogP contribution in [-0.4, -0.2) is 23.8 Å². The third-order valence-corrected chi connectivity index (χ3v) is 3.13. The van der Waals surface area contributed by atoms with Gasteiger partial charge in [-0.15, -0.1) is 0 Å². The first-order chi connectivity index (χ1) is 5.99. The minimum absolute atomic E-state index is 0.309. The normalized spacial score (nSPS) is 35.8. The van der Waals surface area contributed by atoms with E-state index in [0.717, 1.165) is 6.42 Å². The van der Waals surface area contributed by atoms with Crippen molar-refractivity contribution in [3.8, 4) is 0 Å². The third-order valence-electron chi connectivity index (χ3n) is 3.13. The second-order valence-corrected chi connectivity index (χ2v) is 4.20. The number of carbonyl (C=O) groups excluding carboxylic acids is 1. The lowest BCUT2D eigenvalue weighted by Crippen LogP contribution is -2.38. The number of hydrogen-bond acceptors (Lipinski definition) is 3. The quantitative estimate of drug-likeness (QED) is 0.662. The zero-order chi connectivity index (χ0) is 10.1. The van der Waals surface area contributed by atoms with Gasteiger partial charge >= 0.3 is 5.97 Å². The molecule has 0 aromatic heterocycles. The van der Waals surface area contributed by atoms with Crippen LogP contribution in [0.2, 0.25) is 0 Å². The van der Waals surface area contributed by atoms with Gasteiger partial charge in [0.05, 0.1) is 18.6 Å². The molecule has 0 aliphatic heterocycles. The van der Waals surface area contributed by atoms with Crippen molar-refractivity contribution in [2.75, 3.05) is 7.11 Å². The van der Waals surface area contributed by atoms with Crippen LogP contribution in [0.25, 0.3) is 0 Å². The molecule has 0 spiro atoms. The van der Waals surface area contributed by atoms with E-state index in [1.165, 1.54) is 7.11 Å². The van der Waals surface area contributed by atoms with Gasteiger partial charge in [-0.3, -0.25) is 4.79 Å². The van der Waals surface area contributed by atoms with Gasteiger partial charge in [-0.1, -0.05) is 6.92 Å². The summed E-state index contributed by atoms with van der Waals surface area (Å²) in [5.41, 5.74) is -0.827. The molecule has 0 aromatic rings. The lowest BCUT2D eigenvalue weighted by molar-refractivity contribution is -0.154. The molecule has 0 radical (unpaired) electrons. The average Bonchev–Trinajstić information content (AvgIpc) is 2.45. The Morgan fingerprint density at radius 1 is 1.69 bits per heavy atom. The third kappa shape index (κ3) is 2.02. The van der Waals surface area contributed by atoms with Crippen molar-refractivity contribution in [1.29, 1.82) is 0 Å². The molecule has 0 amide bonds. The van der Waals surface area contributed by atoms with Crippen molar-refractivity contribution in [1.82, 2.24) is 0 Å². The molecule has 13 heavy (non-hydrogen) atoms. The molecule has 3 heteroatoms. The van der Waals surface area contributed by atoms with E-state index in [1.54, 1.807) is 6.92 Å². The Hall–Kier alpha value is -0.570. The van der Waals surface area contributed by atoms with E-state index in [-0.39, 0.29) is 5.97 Å². The predicted octanol–water partition coefficient (Wildman–Crippen LogP) is 1.35. The van der Waals surface area contributed by atoms with Crippen molar-refractivity contribution in [2.24, 2.45) is 11.8 Å². The van der Waals surface area contributed by atoms with Gasteiger partial charge in [0.1, 0.15) is 0 Å². The number of carbonyl (C=O) groups is 1. The molecule has 1 aliphatic rings. The van der Waals surface area contributed by atoms with Gasteiger partial charge in [0.15, 0.2) is 0 Å². The highest BCUT2D eigenvalue weighted by Crippen LogP contribution is 2.39. The van der Waals surface area contributed by atoms with Crippen LogP contribution in [0.15, 0.2) is 0 Å². The van der Waals surface area contributed by atoms with Crippen molar-refractivity contribution in [3.63, 3.8) is 0 Å². The summed E-state index contributed by atoms with van der Waals surface area (Å²) >= 11 is 0. The maximum atomic E-state index is 11.2. The number of aliphatic hydroxyl groups is 1. The van der Waals surface area contributed by atoms with E-state index >= 15 is 0 Å². The Balaban J connectivity index is 2.64. The van der Waals surface area contributed by atoms with E-state index < -0.39 is 11.5 Å². The highest BCUT2D eigenvalue weighted by atomic mass is 16.5. The zero-order valence-corrected chi connectivity index (χ0v) is 8.54. The molecular weight excluding hydrogens is 168 g/mol. The van der Waals surface area contributed by atoms with Gasteiger partial charge in [-0.2, -0.15) is 0 Å². The fraction of sp³-hybridized carbons (Fsp3) is 0.900. The summed E-state index contributed by atoms with van der Waals surface area (Å²) in [6.07, 6.45) is 2.42. The van der Waals surface area contributed by atoms with E-state index in [9.17, 15) is 9.90 Å². The number of ether oxygens (including phenoxy) is 1. The van der Waals surface area contributed by atoms with Crippen molar-refractivity contribution in [2.45, 2.75) is 38.7 Å². The summed E-state index contributed by atoms with van der Waals surface area (Å²) in [7, 11) is 1.36. The Bertz CT molecular complexity index is 202. The Labute approximate surface area is 79.1 Å².